The lowest BCUT2D eigenvalue weighted by Crippen LogP contribution is -2.15. The van der Waals surface area contributed by atoms with Gasteiger partial charge in [0, 0.05) is 21.7 Å². The average Bonchev–Trinajstić information content (AvgIpc) is 2.55. The molecule has 0 unspecified atom stereocenters. The number of hydrogen-bond acceptors (Lipinski definition) is 5. The number of carbonyl (C=O) groups excluding carboxylic acids is 2. The summed E-state index contributed by atoms with van der Waals surface area (Å²) in [6, 6.07) is 8.81. The van der Waals surface area contributed by atoms with Gasteiger partial charge in [0.05, 0.1) is 23.3 Å². The van der Waals surface area contributed by atoms with Crippen molar-refractivity contribution in [3.05, 3.63) is 67.7 Å². The molecule has 1 amide bonds. The Morgan fingerprint density at radius 3 is 2.50 bits per heavy atom. The molecule has 7 nitrogen and oxygen atoms in total. The van der Waals surface area contributed by atoms with Gasteiger partial charge in [-0.1, -0.05) is 15.9 Å². The van der Waals surface area contributed by atoms with Gasteiger partial charge in [-0.05, 0) is 37.3 Å². The van der Waals surface area contributed by atoms with E-state index in [1.165, 1.54) is 31.4 Å². The van der Waals surface area contributed by atoms with Gasteiger partial charge in [0.15, 0.2) is 0 Å². The van der Waals surface area contributed by atoms with Crippen molar-refractivity contribution >= 4 is 39.2 Å². The number of aryl methyl sites for hydroxylation is 1. The lowest BCUT2D eigenvalue weighted by molar-refractivity contribution is -0.385. The molecule has 2 aromatic carbocycles. The number of ether oxygens (including phenoxy) is 1. The van der Waals surface area contributed by atoms with E-state index in [0.717, 1.165) is 0 Å². The fourth-order valence-corrected chi connectivity index (χ4v) is 2.46. The minimum atomic E-state index is -0.591. The number of nitrogens with one attached hydrogen (secondary N) is 1. The number of benzene rings is 2. The number of carbonyl (C=O) groups is 2. The zero-order valence-corrected chi connectivity index (χ0v) is 14.4. The van der Waals surface area contributed by atoms with Crippen LogP contribution in [-0.4, -0.2) is 23.9 Å². The first-order valence-corrected chi connectivity index (χ1v) is 7.57. The predicted octanol–water partition coefficient (Wildman–Crippen LogP) is 3.70. The molecule has 0 fully saturated rings. The SMILES string of the molecule is COC(=O)c1cc(Br)ccc1NC(=O)c1ccc([N+](=O)[O-])c(C)c1. The summed E-state index contributed by atoms with van der Waals surface area (Å²) in [4.78, 5) is 34.5. The van der Waals surface area contributed by atoms with Crippen molar-refractivity contribution in [1.82, 2.24) is 0 Å². The van der Waals surface area contributed by atoms with Gasteiger partial charge in [0.1, 0.15) is 0 Å². The number of nitro groups is 1. The van der Waals surface area contributed by atoms with Crippen molar-refractivity contribution in [2.24, 2.45) is 0 Å². The Balaban J connectivity index is 2.32. The molecule has 0 aliphatic carbocycles. The molecule has 8 heteroatoms. The minimum Gasteiger partial charge on any atom is -0.465 e. The molecule has 0 aliphatic rings. The van der Waals surface area contributed by atoms with Crippen LogP contribution in [0.15, 0.2) is 40.9 Å². The average molecular weight is 393 g/mol. The lowest BCUT2D eigenvalue weighted by Gasteiger charge is -2.10. The quantitative estimate of drug-likeness (QED) is 0.485. The monoisotopic (exact) mass is 392 g/mol. The Hall–Kier alpha value is -2.74. The molecule has 0 radical (unpaired) electrons. The Labute approximate surface area is 145 Å². The maximum absolute atomic E-state index is 12.4. The first-order valence-electron chi connectivity index (χ1n) is 6.77. The van der Waals surface area contributed by atoms with Crippen LogP contribution in [0.3, 0.4) is 0 Å². The number of halogens is 1. The molecule has 2 aromatic rings. The second kappa shape index (κ2) is 7.22. The van der Waals surface area contributed by atoms with E-state index >= 15 is 0 Å². The number of amides is 1. The fourth-order valence-electron chi connectivity index (χ4n) is 2.10. The number of nitrogens with zero attached hydrogens (tertiary/aromatic N) is 1. The van der Waals surface area contributed by atoms with E-state index in [9.17, 15) is 19.7 Å². The van der Waals surface area contributed by atoms with Gasteiger partial charge < -0.3 is 10.1 Å². The second-order valence-electron chi connectivity index (χ2n) is 4.89. The molecular formula is C16H13BrN2O5. The van der Waals surface area contributed by atoms with Crippen LogP contribution in [0.25, 0.3) is 0 Å². The Morgan fingerprint density at radius 1 is 1.21 bits per heavy atom. The van der Waals surface area contributed by atoms with Crippen molar-refractivity contribution in [2.75, 3.05) is 12.4 Å². The molecule has 0 bridgehead atoms. The van der Waals surface area contributed by atoms with Crippen molar-refractivity contribution in [2.45, 2.75) is 6.92 Å². The summed E-state index contributed by atoms with van der Waals surface area (Å²) in [6.07, 6.45) is 0. The van der Waals surface area contributed by atoms with Crippen molar-refractivity contribution in [3.8, 4) is 0 Å². The fraction of sp³-hybridized carbons (Fsp3) is 0.125. The van der Waals surface area contributed by atoms with Crippen LogP contribution in [-0.2, 0) is 4.74 Å². The van der Waals surface area contributed by atoms with Gasteiger partial charge in [-0.2, -0.15) is 0 Å². The van der Waals surface area contributed by atoms with Crippen LogP contribution in [0.4, 0.5) is 11.4 Å². The van der Waals surface area contributed by atoms with E-state index in [-0.39, 0.29) is 22.5 Å². The maximum Gasteiger partial charge on any atom is 0.340 e. The molecule has 0 saturated carbocycles. The Kier molecular flexibility index (Phi) is 5.30. The van der Waals surface area contributed by atoms with E-state index in [1.807, 2.05) is 0 Å². The van der Waals surface area contributed by atoms with Gasteiger partial charge in [-0.15, -0.1) is 0 Å². The third-order valence-electron chi connectivity index (χ3n) is 3.29. The van der Waals surface area contributed by atoms with E-state index < -0.39 is 16.8 Å². The highest BCUT2D eigenvalue weighted by atomic mass is 79.9. The van der Waals surface area contributed by atoms with E-state index in [2.05, 4.69) is 21.2 Å². The second-order valence-corrected chi connectivity index (χ2v) is 5.81. The summed E-state index contributed by atoms with van der Waals surface area (Å²) in [5, 5.41) is 13.4. The molecular weight excluding hydrogens is 380 g/mol. The van der Waals surface area contributed by atoms with Gasteiger partial charge in [-0.3, -0.25) is 14.9 Å². The molecule has 0 aliphatic heterocycles. The normalized spacial score (nSPS) is 10.1. The van der Waals surface area contributed by atoms with Crippen molar-refractivity contribution in [1.29, 1.82) is 0 Å². The molecule has 2 rings (SSSR count). The Bertz CT molecular complexity index is 835. The number of methoxy groups -OCH3 is 1. The molecule has 24 heavy (non-hydrogen) atoms. The third-order valence-corrected chi connectivity index (χ3v) is 3.78. The summed E-state index contributed by atoms with van der Waals surface area (Å²) in [6.45, 7) is 1.55. The number of esters is 1. The van der Waals surface area contributed by atoms with Crippen molar-refractivity contribution < 1.29 is 19.2 Å². The van der Waals surface area contributed by atoms with Crippen LogP contribution >= 0.6 is 15.9 Å². The van der Waals surface area contributed by atoms with E-state index in [0.29, 0.717) is 10.0 Å². The summed E-state index contributed by atoms with van der Waals surface area (Å²) >= 11 is 3.25. The van der Waals surface area contributed by atoms with Crippen LogP contribution in [0.2, 0.25) is 0 Å². The number of anilines is 1. The van der Waals surface area contributed by atoms with Gasteiger partial charge in [-0.25, -0.2) is 4.79 Å². The predicted molar refractivity (Wildman–Crippen MR) is 91.3 cm³/mol. The van der Waals surface area contributed by atoms with Crippen molar-refractivity contribution in [3.63, 3.8) is 0 Å². The van der Waals surface area contributed by atoms with Crippen LogP contribution in [0.1, 0.15) is 26.3 Å². The standard InChI is InChI=1S/C16H13BrN2O5/c1-9-7-10(3-6-14(9)19(22)23)15(20)18-13-5-4-11(17)8-12(13)16(21)24-2/h3-8H,1-2H3,(H,18,20). The third kappa shape index (κ3) is 3.77. The van der Waals surface area contributed by atoms with Gasteiger partial charge in [0.2, 0.25) is 0 Å². The summed E-state index contributed by atoms with van der Waals surface area (Å²) in [7, 11) is 1.24. The smallest absolute Gasteiger partial charge is 0.340 e. The van der Waals surface area contributed by atoms with E-state index in [1.54, 1.807) is 19.1 Å². The molecule has 124 valence electrons. The number of nitro benzene ring substituents is 1. The molecule has 0 heterocycles. The topological polar surface area (TPSA) is 98.5 Å². The van der Waals surface area contributed by atoms with Gasteiger partial charge >= 0.3 is 5.97 Å². The molecule has 1 N–H and O–H groups in total. The largest absolute Gasteiger partial charge is 0.465 e. The summed E-state index contributed by atoms with van der Waals surface area (Å²) in [5.41, 5.74) is 1.03. The molecule has 0 saturated heterocycles. The van der Waals surface area contributed by atoms with Gasteiger partial charge in [0.25, 0.3) is 11.6 Å². The Morgan fingerprint density at radius 2 is 1.92 bits per heavy atom. The highest BCUT2D eigenvalue weighted by Gasteiger charge is 2.17. The number of rotatable bonds is 4. The van der Waals surface area contributed by atoms with Crippen LogP contribution < -0.4 is 5.32 Å². The highest BCUT2D eigenvalue weighted by Crippen LogP contribution is 2.24. The number of hydrogen-bond donors (Lipinski definition) is 1. The molecule has 0 atom stereocenters. The molecule has 0 spiro atoms. The summed E-state index contributed by atoms with van der Waals surface area (Å²) in [5.74, 6) is -1.08. The lowest BCUT2D eigenvalue weighted by atomic mass is 10.1. The highest BCUT2D eigenvalue weighted by molar-refractivity contribution is 9.10. The zero-order chi connectivity index (χ0) is 17.9. The maximum atomic E-state index is 12.4. The molecule has 0 aromatic heterocycles. The van der Waals surface area contributed by atoms with E-state index in [4.69, 9.17) is 4.74 Å². The first-order chi connectivity index (χ1) is 11.3. The minimum absolute atomic E-state index is 0.0644. The van der Waals surface area contributed by atoms with Crippen LogP contribution in [0.5, 0.6) is 0 Å². The first kappa shape index (κ1) is 17.6. The summed E-state index contributed by atoms with van der Waals surface area (Å²) < 4.78 is 5.35. The van der Waals surface area contributed by atoms with Crippen LogP contribution in [0, 0.1) is 17.0 Å². The zero-order valence-electron chi connectivity index (χ0n) is 12.8.